The van der Waals surface area contributed by atoms with Gasteiger partial charge in [-0.15, -0.1) is 0 Å². The smallest absolute Gasteiger partial charge is 0.371 e. The lowest BCUT2D eigenvalue weighted by molar-refractivity contribution is -0.130. The van der Waals surface area contributed by atoms with Crippen molar-refractivity contribution < 1.29 is 44.3 Å². The van der Waals surface area contributed by atoms with Crippen LogP contribution in [0.4, 0.5) is 43.4 Å². The highest BCUT2D eigenvalue weighted by atomic mass is 32.2. The van der Waals surface area contributed by atoms with E-state index >= 15 is 0 Å². The molecule has 0 saturated heterocycles. The maximum absolute atomic E-state index is 13.8. The molecule has 2 aromatic carbocycles. The summed E-state index contributed by atoms with van der Waals surface area (Å²) in [4.78, 5) is 29.4. The van der Waals surface area contributed by atoms with E-state index < -0.39 is 67.1 Å². The predicted octanol–water partition coefficient (Wildman–Crippen LogP) is 3.88. The molecule has 45 heavy (non-hydrogen) atoms. The number of carbonyl (C=O) groups excluding carboxylic acids is 2. The number of hydrogen-bond donors (Lipinski definition) is 2. The summed E-state index contributed by atoms with van der Waals surface area (Å²) >= 11 is 0. The number of Topliss-reactive ketones (excluding diaryl/α,β-unsaturated/α-hetero) is 2. The van der Waals surface area contributed by atoms with Gasteiger partial charge in [-0.05, 0) is 57.0 Å². The van der Waals surface area contributed by atoms with Gasteiger partial charge in [-0.1, -0.05) is 13.8 Å². The second-order valence-corrected chi connectivity index (χ2v) is 14.8. The number of anilines is 3. The van der Waals surface area contributed by atoms with E-state index in [0.29, 0.717) is 22.2 Å². The number of ketones is 2. The van der Waals surface area contributed by atoms with Crippen molar-refractivity contribution in [3.63, 3.8) is 0 Å². The molecule has 2 unspecified atom stereocenters. The number of halogens is 6. The molecule has 2 atom stereocenters. The number of sulfonamides is 1. The molecule has 5 rings (SSSR count). The second-order valence-electron chi connectivity index (χ2n) is 13.1. The average molecular weight is 660 g/mol. The van der Waals surface area contributed by atoms with Crippen LogP contribution in [0, 0.1) is 0 Å². The zero-order chi connectivity index (χ0) is 34.0. The summed E-state index contributed by atoms with van der Waals surface area (Å²) in [5.41, 5.74) is -7.24. The first-order chi connectivity index (χ1) is 20.3. The summed E-state index contributed by atoms with van der Waals surface area (Å²) in [6, 6.07) is 4.76. The number of carbonyl (C=O) groups is 2. The Morgan fingerprint density at radius 2 is 1.44 bits per heavy atom. The lowest BCUT2D eigenvalue weighted by Crippen LogP contribution is -2.44. The number of nitrogens with zero attached hydrogens (tertiary/aromatic N) is 2. The van der Waals surface area contributed by atoms with Crippen molar-refractivity contribution in [2.24, 2.45) is 0 Å². The Morgan fingerprint density at radius 3 is 1.98 bits per heavy atom. The topological polar surface area (TPSA) is 98.6 Å². The van der Waals surface area contributed by atoms with E-state index in [4.69, 9.17) is 0 Å². The van der Waals surface area contributed by atoms with Crippen LogP contribution in [0.25, 0.3) is 5.57 Å². The summed E-state index contributed by atoms with van der Waals surface area (Å²) in [6.07, 6.45) is -4.92. The van der Waals surface area contributed by atoms with Crippen LogP contribution in [0.2, 0.25) is 0 Å². The molecule has 0 amide bonds. The monoisotopic (exact) mass is 659 g/mol. The fourth-order valence-electron chi connectivity index (χ4n) is 6.64. The van der Waals surface area contributed by atoms with E-state index in [1.807, 2.05) is 41.5 Å². The van der Waals surface area contributed by atoms with Gasteiger partial charge in [0, 0.05) is 46.7 Å². The van der Waals surface area contributed by atoms with E-state index in [-0.39, 0.29) is 22.9 Å². The molecule has 1 saturated carbocycles. The summed E-state index contributed by atoms with van der Waals surface area (Å²) < 4.78 is 109. The van der Waals surface area contributed by atoms with Gasteiger partial charge in [-0.2, -0.15) is 34.8 Å². The van der Waals surface area contributed by atoms with Gasteiger partial charge in [0.25, 0.3) is 0 Å². The number of fused-ring (bicyclic) bond motifs is 2. The Labute approximate surface area is 255 Å². The lowest BCUT2D eigenvalue weighted by atomic mass is 9.69. The molecule has 1 aliphatic carbocycles. The van der Waals surface area contributed by atoms with Crippen LogP contribution < -0.4 is 30.1 Å². The Hall–Kier alpha value is -3.62. The van der Waals surface area contributed by atoms with Crippen LogP contribution in [-0.2, 0) is 30.4 Å². The van der Waals surface area contributed by atoms with Crippen LogP contribution >= 0.6 is 0 Å². The van der Waals surface area contributed by atoms with Gasteiger partial charge in [-0.25, -0.2) is 4.58 Å². The Morgan fingerprint density at radius 1 is 0.867 bits per heavy atom. The molecule has 3 aliphatic rings. The SMILES string of the molecule is CC1N(C)c2cc(NC(F)(F)F)c(C3C(=O)C(=c4cc5c(cc4NS(=O)(=O)C(F)(F)F)=[N+](C)C(C)C5(C)C)C3=O)cc2C1(C)C. The third-order valence-corrected chi connectivity index (χ3v) is 11.2. The van der Waals surface area contributed by atoms with Gasteiger partial charge < -0.3 is 4.90 Å². The molecule has 2 aliphatic heterocycles. The third kappa shape index (κ3) is 4.79. The van der Waals surface area contributed by atoms with Crippen molar-refractivity contribution in [1.82, 2.24) is 4.58 Å². The summed E-state index contributed by atoms with van der Waals surface area (Å²) in [5.74, 6) is -3.57. The number of hydrogen-bond acceptors (Lipinski definition) is 6. The Kier molecular flexibility index (Phi) is 7.06. The number of alkyl halides is 6. The van der Waals surface area contributed by atoms with Crippen LogP contribution in [0.3, 0.4) is 0 Å². The van der Waals surface area contributed by atoms with E-state index in [1.165, 1.54) is 28.2 Å². The molecular weight excluding hydrogens is 626 g/mol. The van der Waals surface area contributed by atoms with Gasteiger partial charge >= 0.3 is 21.8 Å². The van der Waals surface area contributed by atoms with Gasteiger partial charge in [-0.3, -0.25) is 19.6 Å². The van der Waals surface area contributed by atoms with Crippen molar-refractivity contribution in [3.05, 3.63) is 51.5 Å². The van der Waals surface area contributed by atoms with Gasteiger partial charge in [0.2, 0.25) is 5.36 Å². The first-order valence-corrected chi connectivity index (χ1v) is 15.5. The van der Waals surface area contributed by atoms with E-state index in [2.05, 4.69) is 0 Å². The maximum Gasteiger partial charge on any atom is 0.516 e. The minimum absolute atomic E-state index is 0.143. The Balaban J connectivity index is 1.75. The molecule has 1 fully saturated rings. The van der Waals surface area contributed by atoms with Gasteiger partial charge in [0.05, 0.1) is 16.7 Å². The molecule has 0 radical (unpaired) electrons. The maximum atomic E-state index is 13.8. The van der Waals surface area contributed by atoms with Crippen LogP contribution in [0.15, 0.2) is 24.3 Å². The number of benzene rings is 2. The second kappa shape index (κ2) is 9.69. The molecule has 15 heteroatoms. The highest BCUT2D eigenvalue weighted by Crippen LogP contribution is 2.50. The van der Waals surface area contributed by atoms with Crippen molar-refractivity contribution in [2.45, 2.75) is 82.2 Å². The van der Waals surface area contributed by atoms with Crippen LogP contribution in [-0.4, -0.2) is 58.0 Å². The number of nitrogens with one attached hydrogen (secondary N) is 2. The molecule has 0 bridgehead atoms. The molecule has 2 N–H and O–H groups in total. The minimum Gasteiger partial charge on any atom is -0.371 e. The minimum atomic E-state index is -5.97. The van der Waals surface area contributed by atoms with Crippen molar-refractivity contribution in [2.75, 3.05) is 29.0 Å². The lowest BCUT2D eigenvalue weighted by Gasteiger charge is -2.31. The molecule has 0 spiro atoms. The zero-order valence-corrected chi connectivity index (χ0v) is 26.6. The van der Waals surface area contributed by atoms with Gasteiger partial charge in [0.1, 0.15) is 13.0 Å². The number of rotatable bonds is 4. The summed E-state index contributed by atoms with van der Waals surface area (Å²) in [7, 11) is -2.58. The first kappa shape index (κ1) is 32.8. The zero-order valence-electron chi connectivity index (χ0n) is 25.7. The summed E-state index contributed by atoms with van der Waals surface area (Å²) in [6.45, 7) is 11.2. The number of likely N-dealkylation sites (N-methyl/N-ethyl adjacent to an activating group) is 2. The molecular formula is C30H33F6N4O4S+. The van der Waals surface area contributed by atoms with Crippen LogP contribution in [0.5, 0.6) is 0 Å². The summed E-state index contributed by atoms with van der Waals surface area (Å²) in [5, 5.41) is 1.46. The Bertz CT molecular complexity index is 1900. The molecule has 0 aromatic heterocycles. The third-order valence-electron chi connectivity index (χ3n) is 10.1. The average Bonchev–Trinajstić information content (AvgIpc) is 3.16. The molecule has 2 heterocycles. The molecule has 244 valence electrons. The van der Waals surface area contributed by atoms with Crippen molar-refractivity contribution in [1.29, 1.82) is 0 Å². The van der Waals surface area contributed by atoms with E-state index in [9.17, 15) is 44.3 Å². The predicted molar refractivity (Wildman–Crippen MR) is 157 cm³/mol. The first-order valence-electron chi connectivity index (χ1n) is 14.0. The molecule has 8 nitrogen and oxygen atoms in total. The molecule has 2 aromatic rings. The van der Waals surface area contributed by atoms with Crippen LogP contribution in [0.1, 0.15) is 64.2 Å². The largest absolute Gasteiger partial charge is 0.516 e. The van der Waals surface area contributed by atoms with Crippen molar-refractivity contribution in [3.8, 4) is 0 Å². The quantitative estimate of drug-likeness (QED) is 0.224. The van der Waals surface area contributed by atoms with E-state index in [0.717, 1.165) is 6.07 Å². The van der Waals surface area contributed by atoms with E-state index in [1.54, 1.807) is 23.6 Å². The highest BCUT2D eigenvalue weighted by molar-refractivity contribution is 7.93. The normalized spacial score (nSPS) is 24.0. The standard InChI is InChI=1S/C30H32F6N4O4S/c1-13-27(3,4)17-9-15(19(37-29(31,32)33)11-21(17)39(13)7)23-25(41)24(26(23)42)16-10-18-22(40(8)14(2)28(18,5)6)12-20(16)38-45(43,44)30(34,35)36/h9-14,23,37H,1-8H3/p+1. The van der Waals surface area contributed by atoms with Crippen molar-refractivity contribution >= 4 is 44.2 Å². The fourth-order valence-corrected chi connectivity index (χ4v) is 7.21. The highest BCUT2D eigenvalue weighted by Gasteiger charge is 2.52. The fraction of sp³-hybridized carbons (Fsp3) is 0.500. The van der Waals surface area contributed by atoms with Gasteiger partial charge in [0.15, 0.2) is 17.6 Å².